The molecule has 182 valence electrons. The van der Waals surface area contributed by atoms with Crippen molar-refractivity contribution in [2.45, 2.75) is 37.8 Å². The van der Waals surface area contributed by atoms with Crippen molar-refractivity contribution in [1.82, 2.24) is 25.8 Å². The first-order valence-corrected chi connectivity index (χ1v) is 10.3. The zero-order valence-corrected chi connectivity index (χ0v) is 17.7. The van der Waals surface area contributed by atoms with Gasteiger partial charge in [-0.15, -0.1) is 0 Å². The number of carbonyl (C=O) groups excluding carboxylic acids is 5. The highest BCUT2D eigenvalue weighted by atomic mass is 19.2. The number of halogens is 2. The number of fused-ring (bicyclic) bond motifs is 1. The van der Waals surface area contributed by atoms with E-state index in [0.29, 0.717) is 12.5 Å². The average molecular weight is 481 g/mol. The number of urea groups is 1. The number of aldehydes is 1. The Balaban J connectivity index is 1.82. The van der Waals surface area contributed by atoms with E-state index in [-0.39, 0.29) is 37.8 Å². The van der Waals surface area contributed by atoms with Gasteiger partial charge in [-0.2, -0.15) is 0 Å². The molecule has 3 N–H and O–H groups in total. The first kappa shape index (κ1) is 24.5. The number of carbonyl (C=O) groups is 6. The first-order chi connectivity index (χ1) is 16.1. The Morgan fingerprint density at radius 2 is 1.91 bits per heavy atom. The molecule has 14 heteroatoms. The number of carboxylic acid groups (broad SMARTS) is 1. The van der Waals surface area contributed by atoms with Crippen LogP contribution in [0.15, 0.2) is 18.2 Å². The van der Waals surface area contributed by atoms with E-state index in [2.05, 4.69) is 10.7 Å². The second-order valence-electron chi connectivity index (χ2n) is 7.62. The van der Waals surface area contributed by atoms with Crippen LogP contribution in [0.3, 0.4) is 0 Å². The molecule has 2 heterocycles. The van der Waals surface area contributed by atoms with Gasteiger partial charge in [0.15, 0.2) is 11.6 Å². The molecule has 0 aromatic heterocycles. The Morgan fingerprint density at radius 3 is 2.56 bits per heavy atom. The third-order valence-electron chi connectivity index (χ3n) is 5.27. The van der Waals surface area contributed by atoms with E-state index in [1.165, 1.54) is 0 Å². The van der Waals surface area contributed by atoms with Gasteiger partial charge in [-0.25, -0.2) is 28.6 Å². The summed E-state index contributed by atoms with van der Waals surface area (Å²) >= 11 is 0. The minimum atomic E-state index is -1.35. The summed E-state index contributed by atoms with van der Waals surface area (Å²) in [6, 6.07) is -1.16. The SMILES string of the molecule is O=C[C@H](CC(=O)O)NC(=O)[C@@H]1CCCN2C(=O)CCN(NC(=O)c3ccc(F)c(F)c3)C(=O)N12. The summed E-state index contributed by atoms with van der Waals surface area (Å²) < 4.78 is 26.6. The minimum Gasteiger partial charge on any atom is -0.481 e. The predicted octanol–water partition coefficient (Wildman–Crippen LogP) is -0.198. The number of nitrogens with zero attached hydrogens (tertiary/aromatic N) is 3. The van der Waals surface area contributed by atoms with E-state index in [1.807, 2.05) is 0 Å². The Morgan fingerprint density at radius 1 is 1.18 bits per heavy atom. The molecular weight excluding hydrogens is 460 g/mol. The summed E-state index contributed by atoms with van der Waals surface area (Å²) in [5.41, 5.74) is 1.95. The van der Waals surface area contributed by atoms with Gasteiger partial charge in [-0.3, -0.25) is 24.6 Å². The standard InChI is InChI=1S/C20H21F2N5O7/c21-13-4-3-11(8-14(13)22)18(32)24-25-7-5-16(29)26-6-1-2-15(27(26)20(25)34)19(33)23-12(10-28)9-17(30)31/h3-4,8,10,12,15H,1-2,5-7,9H2,(H,23,33)(H,24,32)(H,30,31)/t12-,15-/m0/s1. The molecule has 2 fully saturated rings. The molecule has 2 aliphatic heterocycles. The molecule has 1 aromatic rings. The maximum atomic E-state index is 13.5. The Labute approximate surface area is 191 Å². The molecule has 0 saturated carbocycles. The van der Waals surface area contributed by atoms with E-state index >= 15 is 0 Å². The molecule has 5 amide bonds. The van der Waals surface area contributed by atoms with Crippen molar-refractivity contribution in [2.75, 3.05) is 13.1 Å². The zero-order chi connectivity index (χ0) is 25.0. The van der Waals surface area contributed by atoms with Crippen molar-refractivity contribution in [3.63, 3.8) is 0 Å². The van der Waals surface area contributed by atoms with Gasteiger partial charge in [0.05, 0.1) is 19.0 Å². The van der Waals surface area contributed by atoms with Crippen LogP contribution in [-0.4, -0.2) is 81.3 Å². The van der Waals surface area contributed by atoms with Gasteiger partial charge in [-0.05, 0) is 31.0 Å². The molecule has 0 spiro atoms. The predicted molar refractivity (Wildman–Crippen MR) is 107 cm³/mol. The number of amides is 5. The van der Waals surface area contributed by atoms with Gasteiger partial charge < -0.3 is 15.2 Å². The summed E-state index contributed by atoms with van der Waals surface area (Å²) in [6.45, 7) is -0.143. The monoisotopic (exact) mass is 481 g/mol. The van der Waals surface area contributed by atoms with Crippen molar-refractivity contribution >= 4 is 36.0 Å². The number of hydrogen-bond acceptors (Lipinski definition) is 6. The van der Waals surface area contributed by atoms with Crippen LogP contribution in [-0.2, 0) is 19.2 Å². The average Bonchev–Trinajstić information content (AvgIpc) is 2.92. The summed E-state index contributed by atoms with van der Waals surface area (Å²) in [5.74, 6) is -6.06. The largest absolute Gasteiger partial charge is 0.481 e. The summed E-state index contributed by atoms with van der Waals surface area (Å²) in [5, 5.41) is 13.8. The molecule has 2 aliphatic rings. The van der Waals surface area contributed by atoms with Crippen LogP contribution < -0.4 is 10.7 Å². The normalized spacial score (nSPS) is 19.1. The van der Waals surface area contributed by atoms with Crippen LogP contribution in [0.1, 0.15) is 36.0 Å². The summed E-state index contributed by atoms with van der Waals surface area (Å²) in [7, 11) is 0. The van der Waals surface area contributed by atoms with Gasteiger partial charge in [0.1, 0.15) is 12.3 Å². The number of benzene rings is 1. The molecular formula is C20H21F2N5O7. The second kappa shape index (κ2) is 10.2. The Bertz CT molecular complexity index is 1040. The van der Waals surface area contributed by atoms with Crippen molar-refractivity contribution < 1.29 is 42.7 Å². The Hall–Kier alpha value is -4.10. The number of hydrazine groups is 2. The second-order valence-corrected chi connectivity index (χ2v) is 7.62. The van der Waals surface area contributed by atoms with Crippen LogP contribution in [0.2, 0.25) is 0 Å². The lowest BCUT2D eigenvalue weighted by Gasteiger charge is -2.42. The lowest BCUT2D eigenvalue weighted by atomic mass is 10.1. The van der Waals surface area contributed by atoms with E-state index < -0.39 is 59.9 Å². The quantitative estimate of drug-likeness (QED) is 0.456. The van der Waals surface area contributed by atoms with Gasteiger partial charge in [-0.1, -0.05) is 0 Å². The number of aliphatic carboxylic acids is 1. The maximum Gasteiger partial charge on any atom is 0.358 e. The molecule has 2 atom stereocenters. The van der Waals surface area contributed by atoms with E-state index in [0.717, 1.165) is 27.2 Å². The van der Waals surface area contributed by atoms with E-state index in [1.54, 1.807) is 0 Å². The molecule has 0 unspecified atom stereocenters. The van der Waals surface area contributed by atoms with Gasteiger partial charge in [0.25, 0.3) is 5.91 Å². The molecule has 12 nitrogen and oxygen atoms in total. The fourth-order valence-electron chi connectivity index (χ4n) is 3.64. The molecule has 0 radical (unpaired) electrons. The smallest absolute Gasteiger partial charge is 0.358 e. The number of carboxylic acids is 1. The zero-order valence-electron chi connectivity index (χ0n) is 17.7. The highest BCUT2D eigenvalue weighted by Crippen LogP contribution is 2.24. The molecule has 1 aromatic carbocycles. The van der Waals surface area contributed by atoms with Crippen molar-refractivity contribution in [2.24, 2.45) is 0 Å². The fourth-order valence-corrected chi connectivity index (χ4v) is 3.64. The highest BCUT2D eigenvalue weighted by molar-refractivity contribution is 5.97. The number of hydrogen-bond donors (Lipinski definition) is 3. The van der Waals surface area contributed by atoms with E-state index in [4.69, 9.17) is 5.11 Å². The van der Waals surface area contributed by atoms with Crippen LogP contribution in [0.4, 0.5) is 13.6 Å². The minimum absolute atomic E-state index is 0.102. The third-order valence-corrected chi connectivity index (χ3v) is 5.27. The van der Waals surface area contributed by atoms with Crippen molar-refractivity contribution in [3.8, 4) is 0 Å². The van der Waals surface area contributed by atoms with E-state index in [9.17, 15) is 37.5 Å². The Kier molecular flexibility index (Phi) is 7.38. The van der Waals surface area contributed by atoms with Gasteiger partial charge in [0, 0.05) is 18.5 Å². The van der Waals surface area contributed by atoms with Crippen molar-refractivity contribution in [3.05, 3.63) is 35.4 Å². The highest BCUT2D eigenvalue weighted by Gasteiger charge is 2.44. The first-order valence-electron chi connectivity index (χ1n) is 10.3. The topological polar surface area (TPSA) is 156 Å². The number of nitrogens with one attached hydrogen (secondary N) is 2. The molecule has 2 saturated heterocycles. The summed E-state index contributed by atoms with van der Waals surface area (Å²) in [6.07, 6.45) is -0.180. The molecule has 3 rings (SSSR count). The van der Waals surface area contributed by atoms with Crippen LogP contribution in [0.25, 0.3) is 0 Å². The van der Waals surface area contributed by atoms with Crippen LogP contribution >= 0.6 is 0 Å². The van der Waals surface area contributed by atoms with Crippen molar-refractivity contribution in [1.29, 1.82) is 0 Å². The van der Waals surface area contributed by atoms with Crippen LogP contribution in [0.5, 0.6) is 0 Å². The van der Waals surface area contributed by atoms with Crippen LogP contribution in [0, 0.1) is 11.6 Å². The molecule has 0 bridgehead atoms. The lowest BCUT2D eigenvalue weighted by molar-refractivity contribution is -0.155. The lowest BCUT2D eigenvalue weighted by Crippen LogP contribution is -2.64. The number of rotatable bonds is 7. The fraction of sp³-hybridized carbons (Fsp3) is 0.400. The molecule has 34 heavy (non-hydrogen) atoms. The maximum absolute atomic E-state index is 13.5. The van der Waals surface area contributed by atoms with Gasteiger partial charge >= 0.3 is 12.0 Å². The summed E-state index contributed by atoms with van der Waals surface area (Å²) in [4.78, 5) is 73.2. The molecule has 0 aliphatic carbocycles. The van der Waals surface area contributed by atoms with Gasteiger partial charge in [0.2, 0.25) is 11.8 Å². The third kappa shape index (κ3) is 5.27.